The van der Waals surface area contributed by atoms with Crippen molar-refractivity contribution in [2.24, 2.45) is 0 Å². The number of para-hydroxylation sites is 1. The van der Waals surface area contributed by atoms with E-state index in [1.807, 2.05) is 106 Å². The Balaban J connectivity index is 1.28. The summed E-state index contributed by atoms with van der Waals surface area (Å²) >= 11 is 0. The highest BCUT2D eigenvalue weighted by atomic mass is 15.0. The number of hydrogen-bond acceptors (Lipinski definition) is 0. The van der Waals surface area contributed by atoms with Crippen LogP contribution in [0.4, 0.5) is 0 Å². The molecule has 0 saturated carbocycles. The molecule has 2 nitrogen and oxygen atoms in total. The fraction of sp³-hybridized carbons (Fsp3) is 0. The molecule has 0 saturated heterocycles. The molecule has 10 aromatic rings. The van der Waals surface area contributed by atoms with Gasteiger partial charge in [0.25, 0.3) is 0 Å². The van der Waals surface area contributed by atoms with Crippen molar-refractivity contribution in [3.05, 3.63) is 133 Å². The zero-order chi connectivity index (χ0) is 41.7. The maximum atomic E-state index is 7.34. The Morgan fingerprint density at radius 1 is 0.283 bits per heavy atom. The van der Waals surface area contributed by atoms with E-state index >= 15 is 0 Å². The van der Waals surface area contributed by atoms with Crippen molar-refractivity contribution in [1.82, 2.24) is 9.13 Å². The molecule has 0 unspecified atom stereocenters. The van der Waals surface area contributed by atoms with Crippen LogP contribution in [0.3, 0.4) is 0 Å². The summed E-state index contributed by atoms with van der Waals surface area (Å²) in [6, 6.07) is 43.2. The summed E-state index contributed by atoms with van der Waals surface area (Å²) < 4.78 is 3.99. The first-order valence-electron chi connectivity index (χ1n) is 19.3. The summed E-state index contributed by atoms with van der Waals surface area (Å²) in [4.78, 5) is 0. The molecule has 0 atom stereocenters. The van der Waals surface area contributed by atoms with Crippen LogP contribution in [-0.4, -0.2) is 87.6 Å². The van der Waals surface area contributed by atoms with Crippen LogP contribution in [0, 0.1) is 0 Å². The molecule has 0 aliphatic carbocycles. The SMILES string of the molecule is [B]c1cc([B])c2c(c1[B])c1c([B])c(-c3cc([B])c4c(c3[B])c3c([B])c([B])cc([B])c3n4-c3ccccc3-c3ccccc3)cc([B])c1n2-c1ccc(-c2ccccc2)cc1. The van der Waals surface area contributed by atoms with E-state index in [0.717, 1.165) is 33.6 Å². The normalized spacial score (nSPS) is 11.7. The molecule has 0 N–H and O–H groups in total. The van der Waals surface area contributed by atoms with E-state index in [9.17, 15) is 0 Å². The Bertz CT molecular complexity index is 3410. The second kappa shape index (κ2) is 14.3. The van der Waals surface area contributed by atoms with Gasteiger partial charge in [0.2, 0.25) is 0 Å². The van der Waals surface area contributed by atoms with Crippen molar-refractivity contribution in [1.29, 1.82) is 0 Å². The first kappa shape index (κ1) is 38.2. The molecular weight excluding hydrogens is 713 g/mol. The first-order chi connectivity index (χ1) is 29.0. The molecule has 12 heteroatoms. The topological polar surface area (TPSA) is 9.86 Å². The van der Waals surface area contributed by atoms with Gasteiger partial charge in [0, 0.05) is 44.1 Å². The maximum absolute atomic E-state index is 7.34. The lowest BCUT2D eigenvalue weighted by molar-refractivity contribution is 1.19. The fourth-order valence-electron chi connectivity index (χ4n) is 8.98. The average molecular weight is 735 g/mol. The van der Waals surface area contributed by atoms with E-state index in [-0.39, 0.29) is 0 Å². The van der Waals surface area contributed by atoms with E-state index < -0.39 is 0 Å². The van der Waals surface area contributed by atoms with Gasteiger partial charge in [-0.25, -0.2) is 0 Å². The molecule has 0 aliphatic rings. The van der Waals surface area contributed by atoms with Gasteiger partial charge in [0.15, 0.2) is 0 Å². The highest BCUT2D eigenvalue weighted by Gasteiger charge is 2.26. The van der Waals surface area contributed by atoms with E-state index in [2.05, 4.69) is 12.1 Å². The number of benzene rings is 8. The molecule has 10 rings (SSSR count). The van der Waals surface area contributed by atoms with Gasteiger partial charge in [-0.3, -0.25) is 0 Å². The Labute approximate surface area is 362 Å². The molecule has 8 aromatic carbocycles. The highest BCUT2D eigenvalue weighted by Crippen LogP contribution is 2.36. The van der Waals surface area contributed by atoms with Crippen molar-refractivity contribution in [2.75, 3.05) is 0 Å². The van der Waals surface area contributed by atoms with Crippen molar-refractivity contribution in [2.45, 2.75) is 0 Å². The standard InChI is InChI=1S/C48H22B10N2/c49-30-21-34(53)46-39(43(30)57)37-41(55)28(19-32(51)45(37)59(46)26-17-15-24(16-18-26)23-9-3-1-4-10-23)29-20-33(52)47-38(42(29)56)40-44(58)31(50)22-35(54)48(40)60(47)36-14-8-7-13-27(36)25-11-5-2-6-12-25/h1-22H. The lowest BCUT2D eigenvalue weighted by Gasteiger charge is -2.19. The number of aromatic nitrogens is 2. The van der Waals surface area contributed by atoms with E-state index in [0.29, 0.717) is 109 Å². The molecule has 0 fully saturated rings. The highest BCUT2D eigenvalue weighted by molar-refractivity contribution is 6.63. The monoisotopic (exact) mass is 736 g/mol. The van der Waals surface area contributed by atoms with Gasteiger partial charge in [0.1, 0.15) is 78.5 Å². The molecule has 0 aliphatic heterocycles. The number of fused-ring (bicyclic) bond motifs is 6. The van der Waals surface area contributed by atoms with E-state index in [1.165, 1.54) is 0 Å². The molecular formula is C48H22B10N2. The molecule has 2 heterocycles. The molecule has 60 heavy (non-hydrogen) atoms. The van der Waals surface area contributed by atoms with Gasteiger partial charge < -0.3 is 9.13 Å². The van der Waals surface area contributed by atoms with Crippen LogP contribution in [0.1, 0.15) is 0 Å². The van der Waals surface area contributed by atoms with Crippen LogP contribution >= 0.6 is 0 Å². The molecule has 0 spiro atoms. The third-order valence-corrected chi connectivity index (χ3v) is 11.7. The number of nitrogens with zero attached hydrogens (tertiary/aromatic N) is 2. The smallest absolute Gasteiger partial charge is 0.116 e. The van der Waals surface area contributed by atoms with Gasteiger partial charge in [-0.1, -0.05) is 159 Å². The summed E-state index contributed by atoms with van der Waals surface area (Å²) in [5.41, 5.74) is 12.7. The van der Waals surface area contributed by atoms with Gasteiger partial charge >= 0.3 is 0 Å². The predicted molar refractivity (Wildman–Crippen MR) is 265 cm³/mol. The van der Waals surface area contributed by atoms with Crippen molar-refractivity contribution >= 4 is 177 Å². The van der Waals surface area contributed by atoms with Gasteiger partial charge in [-0.15, -0.1) is 10.9 Å². The quantitative estimate of drug-likeness (QED) is 0.232. The fourth-order valence-corrected chi connectivity index (χ4v) is 8.98. The van der Waals surface area contributed by atoms with Crippen LogP contribution in [-0.2, 0) is 0 Å². The summed E-state index contributed by atoms with van der Waals surface area (Å²) in [7, 11) is 69.2. The third kappa shape index (κ3) is 5.63. The van der Waals surface area contributed by atoms with Crippen LogP contribution in [0.2, 0.25) is 0 Å². The molecule has 20 radical (unpaired) electrons. The van der Waals surface area contributed by atoms with Crippen LogP contribution < -0.4 is 54.6 Å². The average Bonchev–Trinajstić information content (AvgIpc) is 3.83. The zero-order valence-electron chi connectivity index (χ0n) is 32.4. The Morgan fingerprint density at radius 2 is 0.667 bits per heavy atom. The van der Waals surface area contributed by atoms with Crippen LogP contribution in [0.25, 0.3) is 88.4 Å². The van der Waals surface area contributed by atoms with E-state index in [4.69, 9.17) is 78.5 Å². The Morgan fingerprint density at radius 3 is 1.17 bits per heavy atom. The Kier molecular flexibility index (Phi) is 9.13. The zero-order valence-corrected chi connectivity index (χ0v) is 32.4. The van der Waals surface area contributed by atoms with Crippen LogP contribution in [0.5, 0.6) is 0 Å². The largest absolute Gasteiger partial charge is 0.310 e. The summed E-state index contributed by atoms with van der Waals surface area (Å²) in [5, 5.41) is 2.25. The number of hydrogen-bond donors (Lipinski definition) is 0. The van der Waals surface area contributed by atoms with Crippen molar-refractivity contribution < 1.29 is 0 Å². The minimum atomic E-state index is 0.305. The second-order valence-corrected chi connectivity index (χ2v) is 15.2. The van der Waals surface area contributed by atoms with Gasteiger partial charge in [-0.05, 0) is 56.8 Å². The predicted octanol–water partition coefficient (Wildman–Crippen LogP) is 0.820. The maximum Gasteiger partial charge on any atom is 0.116 e. The lowest BCUT2D eigenvalue weighted by Crippen LogP contribution is -2.32. The first-order valence-corrected chi connectivity index (χ1v) is 19.3. The Hall–Kier alpha value is -5.99. The second-order valence-electron chi connectivity index (χ2n) is 15.2. The van der Waals surface area contributed by atoms with Crippen LogP contribution in [0.15, 0.2) is 133 Å². The number of rotatable bonds is 5. The third-order valence-electron chi connectivity index (χ3n) is 11.7. The summed E-state index contributed by atoms with van der Waals surface area (Å²) in [6.45, 7) is 0. The molecule has 0 bridgehead atoms. The summed E-state index contributed by atoms with van der Waals surface area (Å²) in [6.07, 6.45) is 0. The molecule has 254 valence electrons. The molecule has 2 aromatic heterocycles. The van der Waals surface area contributed by atoms with E-state index in [1.54, 1.807) is 24.3 Å². The minimum Gasteiger partial charge on any atom is -0.310 e. The van der Waals surface area contributed by atoms with Crippen molar-refractivity contribution in [3.63, 3.8) is 0 Å². The van der Waals surface area contributed by atoms with Crippen molar-refractivity contribution in [3.8, 4) is 44.8 Å². The van der Waals surface area contributed by atoms with Gasteiger partial charge in [-0.2, -0.15) is 0 Å². The lowest BCUT2D eigenvalue weighted by atomic mass is 9.70. The van der Waals surface area contributed by atoms with Gasteiger partial charge in [0.05, 0.1) is 5.69 Å². The minimum absolute atomic E-state index is 0.305. The summed E-state index contributed by atoms with van der Waals surface area (Å²) in [5.74, 6) is 0. The molecule has 0 amide bonds.